The maximum absolute atomic E-state index is 12.1. The van der Waals surface area contributed by atoms with Crippen molar-refractivity contribution in [2.45, 2.75) is 19.8 Å². The Kier molecular flexibility index (Phi) is 4.27. The summed E-state index contributed by atoms with van der Waals surface area (Å²) in [6, 6.07) is 5.54. The standard InChI is InChI=1S/C18H18N4O5/c1-4-25-18(23)26-16-9(2)20-12-8-19-17(24-3)14(12)13(16)10-6-5-7-11-15(10)22-27-21-11/h5-7,13,20H,4,8H2,1-3H3. The van der Waals surface area contributed by atoms with Crippen LogP contribution in [0, 0.1) is 0 Å². The lowest BCUT2D eigenvalue weighted by Gasteiger charge is -2.29. The highest BCUT2D eigenvalue weighted by Crippen LogP contribution is 2.43. The molecule has 1 N–H and O–H groups in total. The predicted molar refractivity (Wildman–Crippen MR) is 94.8 cm³/mol. The van der Waals surface area contributed by atoms with Gasteiger partial charge in [-0.1, -0.05) is 12.1 Å². The molecule has 9 nitrogen and oxygen atoms in total. The molecule has 1 aromatic carbocycles. The quantitative estimate of drug-likeness (QED) is 0.822. The number of allylic oxidation sites excluding steroid dienone is 2. The van der Waals surface area contributed by atoms with Crippen molar-refractivity contribution in [1.29, 1.82) is 0 Å². The molecule has 2 aliphatic heterocycles. The van der Waals surface area contributed by atoms with Gasteiger partial charge in [0.25, 0.3) is 0 Å². The van der Waals surface area contributed by atoms with E-state index in [9.17, 15) is 4.79 Å². The number of methoxy groups -OCH3 is 1. The fraction of sp³-hybridized carbons (Fsp3) is 0.333. The highest BCUT2D eigenvalue weighted by molar-refractivity contribution is 6.00. The van der Waals surface area contributed by atoms with Gasteiger partial charge in [0, 0.05) is 5.70 Å². The van der Waals surface area contributed by atoms with E-state index in [0.717, 1.165) is 16.8 Å². The van der Waals surface area contributed by atoms with Crippen molar-refractivity contribution in [1.82, 2.24) is 15.6 Å². The van der Waals surface area contributed by atoms with E-state index < -0.39 is 12.1 Å². The molecule has 2 aromatic rings. The number of rotatable bonds is 3. The largest absolute Gasteiger partial charge is 0.513 e. The first-order valence-corrected chi connectivity index (χ1v) is 8.49. The minimum Gasteiger partial charge on any atom is -0.481 e. The van der Waals surface area contributed by atoms with Gasteiger partial charge in [-0.15, -0.1) is 0 Å². The summed E-state index contributed by atoms with van der Waals surface area (Å²) in [5, 5.41) is 11.2. The van der Waals surface area contributed by atoms with Gasteiger partial charge in [-0.3, -0.25) is 0 Å². The molecule has 0 saturated carbocycles. The Labute approximate surface area is 154 Å². The van der Waals surface area contributed by atoms with E-state index in [0.29, 0.717) is 34.9 Å². The van der Waals surface area contributed by atoms with Crippen LogP contribution in [0.3, 0.4) is 0 Å². The Balaban J connectivity index is 1.87. The molecule has 0 bridgehead atoms. The van der Waals surface area contributed by atoms with Crippen LogP contribution in [0.15, 0.2) is 50.5 Å². The van der Waals surface area contributed by atoms with Crippen molar-refractivity contribution in [2.24, 2.45) is 4.99 Å². The minimum atomic E-state index is -0.776. The van der Waals surface area contributed by atoms with Crippen molar-refractivity contribution >= 4 is 23.1 Å². The number of aliphatic imine (C=N–C) groups is 1. The van der Waals surface area contributed by atoms with Gasteiger partial charge in [0.15, 0.2) is 0 Å². The van der Waals surface area contributed by atoms with Crippen LogP contribution in [0.1, 0.15) is 25.3 Å². The average Bonchev–Trinajstić information content (AvgIpc) is 3.29. The van der Waals surface area contributed by atoms with E-state index in [2.05, 4.69) is 20.6 Å². The molecule has 0 spiro atoms. The molecule has 1 aromatic heterocycles. The van der Waals surface area contributed by atoms with E-state index in [1.807, 2.05) is 19.1 Å². The van der Waals surface area contributed by atoms with Crippen LogP contribution in [0.25, 0.3) is 11.0 Å². The van der Waals surface area contributed by atoms with Gasteiger partial charge in [0.1, 0.15) is 16.8 Å². The summed E-state index contributed by atoms with van der Waals surface area (Å²) in [5.41, 5.74) is 4.32. The number of fused-ring (bicyclic) bond motifs is 1. The number of hydrogen-bond donors (Lipinski definition) is 1. The third-order valence-corrected chi connectivity index (χ3v) is 4.47. The smallest absolute Gasteiger partial charge is 0.481 e. The normalized spacial score (nSPS) is 18.9. The first kappa shape index (κ1) is 17.1. The third-order valence-electron chi connectivity index (χ3n) is 4.47. The highest BCUT2D eigenvalue weighted by atomic mass is 16.7. The van der Waals surface area contributed by atoms with E-state index >= 15 is 0 Å². The Morgan fingerprint density at radius 3 is 3.00 bits per heavy atom. The molecule has 9 heteroatoms. The number of carbonyl (C=O) groups excluding carboxylic acids is 1. The fourth-order valence-corrected chi connectivity index (χ4v) is 3.39. The molecule has 27 heavy (non-hydrogen) atoms. The number of aromatic nitrogens is 2. The van der Waals surface area contributed by atoms with E-state index in [4.69, 9.17) is 18.8 Å². The number of dihydropyridines is 1. The second-order valence-corrected chi connectivity index (χ2v) is 6.03. The molecule has 0 aliphatic carbocycles. The number of ether oxygens (including phenoxy) is 3. The van der Waals surface area contributed by atoms with Crippen LogP contribution in [0.4, 0.5) is 4.79 Å². The summed E-state index contributed by atoms with van der Waals surface area (Å²) >= 11 is 0. The van der Waals surface area contributed by atoms with Crippen LogP contribution in [-0.4, -0.2) is 42.6 Å². The third kappa shape index (κ3) is 2.80. The molecule has 1 atom stereocenters. The first-order chi connectivity index (χ1) is 13.1. The Hall–Kier alpha value is -3.36. The molecular weight excluding hydrogens is 352 g/mol. The summed E-state index contributed by atoms with van der Waals surface area (Å²) in [5.74, 6) is 0.408. The van der Waals surface area contributed by atoms with Crippen molar-refractivity contribution < 1.29 is 23.6 Å². The molecule has 0 saturated heterocycles. The summed E-state index contributed by atoms with van der Waals surface area (Å²) in [7, 11) is 1.56. The Bertz CT molecular complexity index is 1000. The molecule has 0 radical (unpaired) electrons. The van der Waals surface area contributed by atoms with Gasteiger partial charge in [-0.05, 0) is 35.8 Å². The summed E-state index contributed by atoms with van der Waals surface area (Å²) in [4.78, 5) is 16.5. The molecular formula is C18H18N4O5. The lowest BCUT2D eigenvalue weighted by Crippen LogP contribution is -2.30. The number of nitrogens with zero attached hydrogens (tertiary/aromatic N) is 3. The number of nitrogens with one attached hydrogen (secondary N) is 1. The molecule has 1 unspecified atom stereocenters. The molecule has 2 aliphatic rings. The number of carbonyl (C=O) groups is 1. The zero-order valence-corrected chi connectivity index (χ0v) is 15.1. The Morgan fingerprint density at radius 2 is 2.22 bits per heavy atom. The van der Waals surface area contributed by atoms with E-state index in [-0.39, 0.29) is 6.61 Å². The predicted octanol–water partition coefficient (Wildman–Crippen LogP) is 2.63. The maximum Gasteiger partial charge on any atom is 0.513 e. The number of hydrogen-bond acceptors (Lipinski definition) is 9. The van der Waals surface area contributed by atoms with Gasteiger partial charge >= 0.3 is 6.16 Å². The van der Waals surface area contributed by atoms with E-state index in [1.165, 1.54) is 0 Å². The van der Waals surface area contributed by atoms with Crippen molar-refractivity contribution in [3.8, 4) is 0 Å². The maximum atomic E-state index is 12.1. The first-order valence-electron chi connectivity index (χ1n) is 8.49. The monoisotopic (exact) mass is 370 g/mol. The van der Waals surface area contributed by atoms with Gasteiger partial charge in [0.05, 0.1) is 37.4 Å². The van der Waals surface area contributed by atoms with Gasteiger partial charge in [-0.2, -0.15) is 0 Å². The second kappa shape index (κ2) is 6.75. The zero-order chi connectivity index (χ0) is 19.0. The topological polar surface area (TPSA) is 108 Å². The molecule has 4 rings (SSSR count). The van der Waals surface area contributed by atoms with Gasteiger partial charge in [0.2, 0.25) is 5.90 Å². The average molecular weight is 370 g/mol. The van der Waals surface area contributed by atoms with Crippen LogP contribution >= 0.6 is 0 Å². The highest BCUT2D eigenvalue weighted by Gasteiger charge is 2.40. The van der Waals surface area contributed by atoms with Crippen molar-refractivity contribution in [3.63, 3.8) is 0 Å². The molecule has 140 valence electrons. The van der Waals surface area contributed by atoms with Gasteiger partial charge in [-0.25, -0.2) is 14.4 Å². The molecule has 3 heterocycles. The van der Waals surface area contributed by atoms with Crippen LogP contribution in [0.2, 0.25) is 0 Å². The van der Waals surface area contributed by atoms with Crippen molar-refractivity contribution in [2.75, 3.05) is 20.3 Å². The molecule has 0 amide bonds. The van der Waals surface area contributed by atoms with Gasteiger partial charge < -0.3 is 19.5 Å². The van der Waals surface area contributed by atoms with E-state index in [1.54, 1.807) is 20.1 Å². The van der Waals surface area contributed by atoms with Crippen LogP contribution < -0.4 is 5.32 Å². The number of benzene rings is 1. The zero-order valence-electron chi connectivity index (χ0n) is 15.1. The van der Waals surface area contributed by atoms with Crippen molar-refractivity contribution in [3.05, 3.63) is 46.5 Å². The second-order valence-electron chi connectivity index (χ2n) is 6.03. The van der Waals surface area contributed by atoms with Crippen LogP contribution in [-0.2, 0) is 14.2 Å². The lowest BCUT2D eigenvalue weighted by molar-refractivity contribution is 0.0771. The summed E-state index contributed by atoms with van der Waals surface area (Å²) in [6.45, 7) is 4.21. The minimum absolute atomic E-state index is 0.213. The van der Waals surface area contributed by atoms with Crippen LogP contribution in [0.5, 0.6) is 0 Å². The summed E-state index contributed by atoms with van der Waals surface area (Å²) < 4.78 is 20.9. The fourth-order valence-electron chi connectivity index (χ4n) is 3.39. The Morgan fingerprint density at radius 1 is 1.37 bits per heavy atom. The lowest BCUT2D eigenvalue weighted by atomic mass is 9.84. The molecule has 0 fully saturated rings. The SMILES string of the molecule is CCOC(=O)OC1=C(C)NC2=C(C(OC)=NC2)C1c1cccc2nonc12. The summed E-state index contributed by atoms with van der Waals surface area (Å²) in [6.07, 6.45) is -0.776.